The standard InChI is InChI=1S/Na.H3O4P.O.H4Si.Zr/c;1-5(2,3)4;;;/h;(H3,1,2,3,4);;1H4;/q+1;;-2;;+4/p-3. The quantitative estimate of drug-likeness (QED) is 0.316. The zero-order chi connectivity index (χ0) is 4.50. The van der Waals surface area contributed by atoms with Crippen molar-refractivity contribution in [2.75, 3.05) is 0 Å². The van der Waals surface area contributed by atoms with Gasteiger partial charge in [0.25, 0.3) is 0 Å². The molecule has 0 saturated carbocycles. The van der Waals surface area contributed by atoms with Crippen molar-refractivity contribution in [3.8, 4) is 0 Å². The van der Waals surface area contributed by atoms with Crippen LogP contribution in [-0.2, 0) is 36.2 Å². The molecule has 0 heterocycles. The van der Waals surface area contributed by atoms with Crippen LogP contribution in [0.25, 0.3) is 0 Å². The molecule has 0 saturated heterocycles. The van der Waals surface area contributed by atoms with E-state index in [1.165, 1.54) is 0 Å². The van der Waals surface area contributed by atoms with Crippen molar-refractivity contribution >= 4 is 18.8 Å². The molecule has 0 atom stereocenters. The van der Waals surface area contributed by atoms with Gasteiger partial charge in [-0.3, -0.25) is 0 Å². The van der Waals surface area contributed by atoms with Gasteiger partial charge in [-0.05, 0) is 11.0 Å². The summed E-state index contributed by atoms with van der Waals surface area (Å²) in [5.74, 6) is 0. The normalized spacial score (nSPS) is 6.56. The minimum Gasteiger partial charge on any atom is -2.00 e. The second-order valence-electron chi connectivity index (χ2n) is 0.447. The van der Waals surface area contributed by atoms with Gasteiger partial charge in [0.05, 0.1) is 0 Å². The van der Waals surface area contributed by atoms with E-state index in [2.05, 4.69) is 0 Å². The van der Waals surface area contributed by atoms with Crippen LogP contribution in [0.2, 0.25) is 0 Å². The fourth-order valence-electron chi connectivity index (χ4n) is 0. The molecule has 0 aliphatic rings. The Morgan fingerprint density at radius 2 is 1.11 bits per heavy atom. The molecular weight excluding hydrogens is 253 g/mol. The molecular formula is H4NaO5PSiZr. The van der Waals surface area contributed by atoms with Crippen molar-refractivity contribution in [2.24, 2.45) is 0 Å². The SMILES string of the molecule is O=P([O-])([O-])[O-].[Na+].[O-2].[SiH4].[Zr+4]. The molecule has 9 heteroatoms. The topological polar surface area (TPSA) is 115 Å². The minimum atomic E-state index is -5.39. The molecule has 9 heavy (non-hydrogen) atoms. The molecule has 48 valence electrons. The Kier molecular flexibility index (Phi) is 43.2. The fraction of sp³-hybridized carbons (Fsp3) is 0. The predicted molar refractivity (Wildman–Crippen MR) is 19.6 cm³/mol. The summed E-state index contributed by atoms with van der Waals surface area (Å²) in [6, 6.07) is 0. The Hall–Kier alpha value is 2.17. The monoisotopic (exact) mass is 256 g/mol. The first-order valence-electron chi connectivity index (χ1n) is 0.730. The molecule has 0 bridgehead atoms. The number of hydrogen-bond acceptors (Lipinski definition) is 4. The molecule has 0 aliphatic carbocycles. The zero-order valence-corrected chi connectivity index (χ0v) is 9.34. The van der Waals surface area contributed by atoms with Gasteiger partial charge in [-0.2, -0.15) is 7.82 Å². The van der Waals surface area contributed by atoms with Crippen LogP contribution in [0.3, 0.4) is 0 Å². The van der Waals surface area contributed by atoms with Crippen molar-refractivity contribution in [1.29, 1.82) is 0 Å². The third-order valence-electron chi connectivity index (χ3n) is 0. The Balaban J connectivity index is -0.0000000133. The van der Waals surface area contributed by atoms with Crippen molar-refractivity contribution in [1.82, 2.24) is 0 Å². The first-order valence-corrected chi connectivity index (χ1v) is 2.19. The zero-order valence-electron chi connectivity index (χ0n) is 3.99. The van der Waals surface area contributed by atoms with Gasteiger partial charge in [-0.15, -0.1) is 0 Å². The fourth-order valence-corrected chi connectivity index (χ4v) is 0. The molecule has 0 aromatic rings. The largest absolute Gasteiger partial charge is 4.00 e. The van der Waals surface area contributed by atoms with Gasteiger partial charge in [0.2, 0.25) is 0 Å². The number of rotatable bonds is 0. The molecule has 0 rings (SSSR count). The van der Waals surface area contributed by atoms with E-state index in [-0.39, 0.29) is 72.2 Å². The van der Waals surface area contributed by atoms with Crippen molar-refractivity contribution in [2.45, 2.75) is 0 Å². The van der Waals surface area contributed by atoms with E-state index in [0.29, 0.717) is 0 Å². The average Bonchev–Trinajstić information content (AvgIpc) is 0.722. The van der Waals surface area contributed by atoms with Gasteiger partial charge < -0.3 is 24.7 Å². The summed E-state index contributed by atoms with van der Waals surface area (Å²) >= 11 is 0. The van der Waals surface area contributed by atoms with Crippen LogP contribution in [0, 0.1) is 0 Å². The molecule has 0 radical (unpaired) electrons. The summed E-state index contributed by atoms with van der Waals surface area (Å²) in [4.78, 5) is 25.6. The van der Waals surface area contributed by atoms with Crippen LogP contribution in [-0.4, -0.2) is 11.0 Å². The van der Waals surface area contributed by atoms with Crippen LogP contribution in [0.5, 0.6) is 0 Å². The molecule has 0 fully saturated rings. The van der Waals surface area contributed by atoms with Gasteiger partial charge in [0.1, 0.15) is 0 Å². The number of hydrogen-bond donors (Lipinski definition) is 0. The Bertz CT molecular complexity index is 63.1. The van der Waals surface area contributed by atoms with Crippen LogP contribution in [0.4, 0.5) is 0 Å². The molecule has 0 N–H and O–H groups in total. The summed E-state index contributed by atoms with van der Waals surface area (Å²) in [5, 5.41) is 0. The minimum absolute atomic E-state index is 0. The maximum Gasteiger partial charge on any atom is 4.00 e. The van der Waals surface area contributed by atoms with Crippen LogP contribution >= 0.6 is 7.82 Å². The summed E-state index contributed by atoms with van der Waals surface area (Å²) in [5.41, 5.74) is 0. The van der Waals surface area contributed by atoms with E-state index in [1.54, 1.807) is 0 Å². The van der Waals surface area contributed by atoms with Gasteiger partial charge in [-0.1, -0.05) is 0 Å². The summed E-state index contributed by atoms with van der Waals surface area (Å²) in [6.45, 7) is 0. The molecule has 0 aliphatic heterocycles. The molecule has 0 aromatic heterocycles. The molecule has 0 aromatic carbocycles. The second kappa shape index (κ2) is 12.8. The number of phosphoric acid groups is 1. The Morgan fingerprint density at radius 3 is 1.11 bits per heavy atom. The molecule has 5 nitrogen and oxygen atoms in total. The maximum atomic E-state index is 8.55. The van der Waals surface area contributed by atoms with Crippen LogP contribution < -0.4 is 44.2 Å². The van der Waals surface area contributed by atoms with Crippen molar-refractivity contribution in [3.63, 3.8) is 0 Å². The summed E-state index contributed by atoms with van der Waals surface area (Å²) in [6.07, 6.45) is 0. The second-order valence-corrected chi connectivity index (χ2v) is 1.34. The third kappa shape index (κ3) is 144. The maximum absolute atomic E-state index is 8.55. The Morgan fingerprint density at radius 1 is 1.11 bits per heavy atom. The first-order chi connectivity index (χ1) is 2.00. The molecule has 0 spiro atoms. The van der Waals surface area contributed by atoms with Gasteiger partial charge in [0.15, 0.2) is 0 Å². The average molecular weight is 257 g/mol. The summed E-state index contributed by atoms with van der Waals surface area (Å²) < 4.78 is 8.55. The molecule has 0 unspecified atom stereocenters. The van der Waals surface area contributed by atoms with E-state index >= 15 is 0 Å². The first kappa shape index (κ1) is 30.3. The van der Waals surface area contributed by atoms with Gasteiger partial charge in [-0.25, -0.2) is 0 Å². The Labute approximate surface area is 98.2 Å². The predicted octanol–water partition coefficient (Wildman–Crippen LogP) is -7.39. The smallest absolute Gasteiger partial charge is 2.00 e. The third-order valence-corrected chi connectivity index (χ3v) is 0. The van der Waals surface area contributed by atoms with E-state index < -0.39 is 7.82 Å². The van der Waals surface area contributed by atoms with E-state index in [0.717, 1.165) is 0 Å². The van der Waals surface area contributed by atoms with E-state index in [9.17, 15) is 0 Å². The van der Waals surface area contributed by atoms with Crippen molar-refractivity contribution in [3.05, 3.63) is 0 Å². The van der Waals surface area contributed by atoms with E-state index in [4.69, 9.17) is 19.2 Å². The van der Waals surface area contributed by atoms with Crippen molar-refractivity contribution < 1.29 is 80.5 Å². The molecule has 0 amide bonds. The van der Waals surface area contributed by atoms with Crippen LogP contribution in [0.1, 0.15) is 0 Å². The van der Waals surface area contributed by atoms with E-state index in [1.807, 2.05) is 0 Å². The summed E-state index contributed by atoms with van der Waals surface area (Å²) in [7, 11) is -5.39. The van der Waals surface area contributed by atoms with Crippen LogP contribution in [0.15, 0.2) is 0 Å². The van der Waals surface area contributed by atoms with Gasteiger partial charge >= 0.3 is 55.8 Å². The van der Waals surface area contributed by atoms with Gasteiger partial charge in [0, 0.05) is 0 Å².